The van der Waals surface area contributed by atoms with Gasteiger partial charge in [0.2, 0.25) is 5.91 Å². The number of benzene rings is 1. The zero-order chi connectivity index (χ0) is 18.7. The van der Waals surface area contributed by atoms with Crippen molar-refractivity contribution in [3.05, 3.63) is 29.1 Å². The van der Waals surface area contributed by atoms with E-state index < -0.39 is 11.9 Å². The van der Waals surface area contributed by atoms with E-state index in [1.165, 1.54) is 11.9 Å². The summed E-state index contributed by atoms with van der Waals surface area (Å²) in [5.41, 5.74) is 1.11. The number of fused-ring (bicyclic) bond motifs is 1. The van der Waals surface area contributed by atoms with Crippen molar-refractivity contribution in [3.63, 3.8) is 0 Å². The van der Waals surface area contributed by atoms with Crippen molar-refractivity contribution in [1.29, 1.82) is 0 Å². The molecule has 2 aliphatic heterocycles. The van der Waals surface area contributed by atoms with Gasteiger partial charge in [0.25, 0.3) is 5.91 Å². The SMILES string of the molecule is CNC(=O)C(CCC=O)N1Cc2c(ccc(N3CCNCC3)c2F)C1=O. The van der Waals surface area contributed by atoms with E-state index in [1.807, 2.05) is 4.90 Å². The van der Waals surface area contributed by atoms with Crippen molar-refractivity contribution in [2.45, 2.75) is 25.4 Å². The van der Waals surface area contributed by atoms with Crippen molar-refractivity contribution >= 4 is 23.8 Å². The highest BCUT2D eigenvalue weighted by atomic mass is 19.1. The summed E-state index contributed by atoms with van der Waals surface area (Å²) in [6, 6.07) is 2.49. The third kappa shape index (κ3) is 3.29. The zero-order valence-corrected chi connectivity index (χ0v) is 14.8. The highest BCUT2D eigenvalue weighted by Gasteiger charge is 2.38. The lowest BCUT2D eigenvalue weighted by Crippen LogP contribution is -2.46. The van der Waals surface area contributed by atoms with Gasteiger partial charge in [-0.25, -0.2) is 4.39 Å². The Morgan fingerprint density at radius 1 is 1.38 bits per heavy atom. The summed E-state index contributed by atoms with van der Waals surface area (Å²) in [5, 5.41) is 5.74. The minimum absolute atomic E-state index is 0.0386. The molecule has 1 saturated heterocycles. The minimum Gasteiger partial charge on any atom is -0.367 e. The first kappa shape index (κ1) is 18.3. The Morgan fingerprint density at radius 3 is 2.77 bits per heavy atom. The fourth-order valence-electron chi connectivity index (χ4n) is 3.58. The summed E-state index contributed by atoms with van der Waals surface area (Å²) in [6.45, 7) is 3.01. The van der Waals surface area contributed by atoms with Crippen LogP contribution in [0.3, 0.4) is 0 Å². The molecule has 2 heterocycles. The molecule has 0 bridgehead atoms. The molecule has 0 aliphatic carbocycles. The summed E-state index contributed by atoms with van der Waals surface area (Å²) in [6.07, 6.45) is 1.09. The molecule has 2 aliphatic rings. The third-order valence-electron chi connectivity index (χ3n) is 4.98. The number of hydrogen-bond acceptors (Lipinski definition) is 5. The summed E-state index contributed by atoms with van der Waals surface area (Å²) < 4.78 is 15.1. The van der Waals surface area contributed by atoms with E-state index in [9.17, 15) is 14.4 Å². The van der Waals surface area contributed by atoms with Crippen molar-refractivity contribution in [3.8, 4) is 0 Å². The Kier molecular flexibility index (Phi) is 5.51. The Labute approximate surface area is 151 Å². The molecule has 0 spiro atoms. The lowest BCUT2D eigenvalue weighted by atomic mass is 10.1. The van der Waals surface area contributed by atoms with Gasteiger partial charge in [0.05, 0.1) is 12.2 Å². The average molecular weight is 362 g/mol. The van der Waals surface area contributed by atoms with E-state index in [4.69, 9.17) is 0 Å². The Hall–Kier alpha value is -2.48. The third-order valence-corrected chi connectivity index (χ3v) is 4.98. The van der Waals surface area contributed by atoms with Gasteiger partial charge >= 0.3 is 0 Å². The number of halogens is 1. The maximum absolute atomic E-state index is 15.1. The first-order valence-electron chi connectivity index (χ1n) is 8.81. The Balaban J connectivity index is 1.88. The molecule has 1 aromatic carbocycles. The van der Waals surface area contributed by atoms with Crippen LogP contribution in [0.5, 0.6) is 0 Å². The molecule has 0 saturated carbocycles. The number of nitrogens with zero attached hydrogens (tertiary/aromatic N) is 2. The van der Waals surface area contributed by atoms with Gasteiger partial charge in [-0.1, -0.05) is 0 Å². The van der Waals surface area contributed by atoms with Gasteiger partial charge in [0, 0.05) is 50.8 Å². The van der Waals surface area contributed by atoms with E-state index >= 15 is 4.39 Å². The van der Waals surface area contributed by atoms with Gasteiger partial charge in [-0.15, -0.1) is 0 Å². The van der Waals surface area contributed by atoms with Crippen molar-refractivity contribution < 1.29 is 18.8 Å². The van der Waals surface area contributed by atoms with Crippen LogP contribution in [-0.4, -0.2) is 62.3 Å². The summed E-state index contributed by atoms with van der Waals surface area (Å²) in [4.78, 5) is 38.9. The van der Waals surface area contributed by atoms with Crippen LogP contribution in [0.25, 0.3) is 0 Å². The standard InChI is InChI=1S/C18H23FN4O3/c1-20-17(25)15(3-2-10-24)23-11-13-12(18(23)26)4-5-14(16(13)19)22-8-6-21-7-9-22/h4-5,10,15,21H,2-3,6-9,11H2,1H3,(H,20,25). The number of rotatable bonds is 6. The molecular formula is C18H23FN4O3. The molecule has 1 unspecified atom stereocenters. The molecule has 1 fully saturated rings. The maximum atomic E-state index is 15.1. The number of carbonyl (C=O) groups excluding carboxylic acids is 3. The molecule has 2 amide bonds. The molecule has 7 nitrogen and oxygen atoms in total. The highest BCUT2D eigenvalue weighted by molar-refractivity contribution is 6.01. The quantitative estimate of drug-likeness (QED) is 0.711. The molecule has 1 atom stereocenters. The lowest BCUT2D eigenvalue weighted by molar-refractivity contribution is -0.125. The van der Waals surface area contributed by atoms with Crippen molar-refractivity contribution in [1.82, 2.24) is 15.5 Å². The molecule has 3 rings (SSSR count). The molecular weight excluding hydrogens is 339 g/mol. The van der Waals surface area contributed by atoms with Crippen LogP contribution < -0.4 is 15.5 Å². The number of likely N-dealkylation sites (N-methyl/N-ethyl adjacent to an activating group) is 1. The predicted molar refractivity (Wildman–Crippen MR) is 94.5 cm³/mol. The molecule has 8 heteroatoms. The van der Waals surface area contributed by atoms with Crippen LogP contribution in [0.15, 0.2) is 12.1 Å². The van der Waals surface area contributed by atoms with Crippen LogP contribution in [-0.2, 0) is 16.1 Å². The molecule has 1 aromatic rings. The van der Waals surface area contributed by atoms with Gasteiger partial charge in [-0.05, 0) is 18.6 Å². The zero-order valence-electron chi connectivity index (χ0n) is 14.8. The average Bonchev–Trinajstić information content (AvgIpc) is 3.00. The van der Waals surface area contributed by atoms with Gasteiger partial charge in [0.15, 0.2) is 5.82 Å². The first-order valence-corrected chi connectivity index (χ1v) is 8.81. The summed E-state index contributed by atoms with van der Waals surface area (Å²) in [7, 11) is 1.48. The number of aldehydes is 1. The highest BCUT2D eigenvalue weighted by Crippen LogP contribution is 2.33. The van der Waals surface area contributed by atoms with Crippen LogP contribution in [0, 0.1) is 5.82 Å². The van der Waals surface area contributed by atoms with Crippen LogP contribution in [0.1, 0.15) is 28.8 Å². The molecule has 0 aromatic heterocycles. The lowest BCUT2D eigenvalue weighted by Gasteiger charge is -2.30. The molecule has 0 radical (unpaired) electrons. The number of nitrogens with one attached hydrogen (secondary N) is 2. The van der Waals surface area contributed by atoms with E-state index in [2.05, 4.69) is 10.6 Å². The second-order valence-corrected chi connectivity index (χ2v) is 6.47. The number of carbonyl (C=O) groups is 3. The second-order valence-electron chi connectivity index (χ2n) is 6.47. The Morgan fingerprint density at radius 2 is 2.12 bits per heavy atom. The predicted octanol–water partition coefficient (Wildman–Crippen LogP) is 0.285. The second kappa shape index (κ2) is 7.82. The molecule has 2 N–H and O–H groups in total. The Bertz CT molecular complexity index is 719. The number of amides is 2. The minimum atomic E-state index is -0.785. The number of piperazine rings is 1. The van der Waals surface area contributed by atoms with Gasteiger partial charge < -0.3 is 25.2 Å². The van der Waals surface area contributed by atoms with Gasteiger partial charge in [-0.3, -0.25) is 9.59 Å². The van der Waals surface area contributed by atoms with Gasteiger partial charge in [0.1, 0.15) is 12.3 Å². The maximum Gasteiger partial charge on any atom is 0.255 e. The van der Waals surface area contributed by atoms with Crippen LogP contribution >= 0.6 is 0 Å². The molecule has 140 valence electrons. The van der Waals surface area contributed by atoms with Crippen molar-refractivity contribution in [2.75, 3.05) is 38.1 Å². The van der Waals surface area contributed by atoms with E-state index in [0.29, 0.717) is 36.2 Å². The number of anilines is 1. The fraction of sp³-hybridized carbons (Fsp3) is 0.500. The van der Waals surface area contributed by atoms with Gasteiger partial charge in [-0.2, -0.15) is 0 Å². The van der Waals surface area contributed by atoms with E-state index in [0.717, 1.165) is 13.1 Å². The summed E-state index contributed by atoms with van der Waals surface area (Å²) >= 11 is 0. The monoisotopic (exact) mass is 362 g/mol. The van der Waals surface area contributed by atoms with Crippen LogP contribution in [0.4, 0.5) is 10.1 Å². The topological polar surface area (TPSA) is 81.8 Å². The van der Waals surface area contributed by atoms with E-state index in [-0.39, 0.29) is 31.2 Å². The normalized spacial score (nSPS) is 17.8. The number of hydrogen-bond donors (Lipinski definition) is 2. The smallest absolute Gasteiger partial charge is 0.255 e. The van der Waals surface area contributed by atoms with Crippen LogP contribution in [0.2, 0.25) is 0 Å². The largest absolute Gasteiger partial charge is 0.367 e. The summed E-state index contributed by atoms with van der Waals surface area (Å²) in [5.74, 6) is -1.12. The first-order chi connectivity index (χ1) is 12.6. The molecule has 26 heavy (non-hydrogen) atoms. The fourth-order valence-corrected chi connectivity index (χ4v) is 3.58. The van der Waals surface area contributed by atoms with E-state index in [1.54, 1.807) is 12.1 Å². The van der Waals surface area contributed by atoms with Crippen molar-refractivity contribution in [2.24, 2.45) is 0 Å².